The Bertz CT molecular complexity index is 817. The minimum Gasteiger partial charge on any atom is -0.469 e. The van der Waals surface area contributed by atoms with Crippen molar-refractivity contribution in [3.8, 4) is 0 Å². The minimum atomic E-state index is -0.162. The summed E-state index contributed by atoms with van der Waals surface area (Å²) in [6.07, 6.45) is 12.2. The standard InChI is InChI=1S/C28H43BrO5/c1-17(6-5-7-25(31)32-4)21-8-9-22-20-14-24-28(29)15-19(34-18(2)30)10-13-27(28,16-33-24)23(20)11-12-26(21,22)3/h17,19-24H,5-16H2,1-4H3/t17-,19+,20+,21-,22+,23+,24-,26-,27+,28+/m1/s1. The van der Waals surface area contributed by atoms with Gasteiger partial charge in [-0.2, -0.15) is 0 Å². The second-order valence-electron chi connectivity index (χ2n) is 12.6. The molecule has 0 N–H and O–H groups in total. The zero-order valence-corrected chi connectivity index (χ0v) is 23.0. The summed E-state index contributed by atoms with van der Waals surface area (Å²) in [4.78, 5) is 23.2. The molecule has 0 aromatic carbocycles. The fourth-order valence-electron chi connectivity index (χ4n) is 9.88. The molecule has 1 aliphatic heterocycles. The van der Waals surface area contributed by atoms with E-state index in [1.807, 2.05) is 0 Å². The van der Waals surface area contributed by atoms with Gasteiger partial charge in [0.15, 0.2) is 0 Å². The van der Waals surface area contributed by atoms with Gasteiger partial charge in [0.1, 0.15) is 6.10 Å². The lowest BCUT2D eigenvalue weighted by Gasteiger charge is -2.63. The Labute approximate surface area is 213 Å². The molecule has 5 rings (SSSR count). The van der Waals surface area contributed by atoms with E-state index in [2.05, 4.69) is 29.8 Å². The van der Waals surface area contributed by atoms with E-state index in [9.17, 15) is 9.59 Å². The molecule has 2 bridgehead atoms. The SMILES string of the molecule is COC(=O)CCC[C@@H](C)[C@H]1CC[C@H]2[C@@H]3C[C@H]4OC[C@@]5(CC[C@H](OC(C)=O)C[C@]45Br)[C@H]3CC[C@]12C. The van der Waals surface area contributed by atoms with Crippen LogP contribution in [0.4, 0.5) is 0 Å². The molecule has 5 aliphatic rings. The summed E-state index contributed by atoms with van der Waals surface area (Å²) in [6, 6.07) is 0. The molecular formula is C28H43BrO5. The van der Waals surface area contributed by atoms with Crippen molar-refractivity contribution in [2.24, 2.45) is 40.4 Å². The molecule has 1 heterocycles. The minimum absolute atomic E-state index is 0.0151. The molecule has 10 atom stereocenters. The summed E-state index contributed by atoms with van der Waals surface area (Å²) in [5, 5.41) is 0. The number of alkyl halides is 1. The fourth-order valence-corrected chi connectivity index (χ4v) is 11.2. The average Bonchev–Trinajstić information content (AvgIpc) is 3.21. The van der Waals surface area contributed by atoms with Crippen molar-refractivity contribution in [2.45, 2.75) is 108 Å². The van der Waals surface area contributed by atoms with Gasteiger partial charge in [-0.15, -0.1) is 0 Å². The number of ether oxygens (including phenoxy) is 3. The molecular weight excluding hydrogens is 496 g/mol. The maximum atomic E-state index is 11.7. The number of carbonyl (C=O) groups is 2. The Balaban J connectivity index is 1.32. The number of fused-ring (bicyclic) bond motifs is 3. The molecule has 6 heteroatoms. The van der Waals surface area contributed by atoms with Crippen LogP contribution in [0, 0.1) is 40.4 Å². The van der Waals surface area contributed by atoms with Crippen molar-refractivity contribution in [1.29, 1.82) is 0 Å². The number of hydrogen-bond acceptors (Lipinski definition) is 5. The lowest BCUT2D eigenvalue weighted by atomic mass is 9.44. The summed E-state index contributed by atoms with van der Waals surface area (Å²) in [6.45, 7) is 7.42. The molecule has 5 fully saturated rings. The van der Waals surface area contributed by atoms with E-state index in [1.54, 1.807) is 0 Å². The maximum absolute atomic E-state index is 11.7. The van der Waals surface area contributed by atoms with Crippen molar-refractivity contribution >= 4 is 27.9 Å². The van der Waals surface area contributed by atoms with Crippen LogP contribution in [0.2, 0.25) is 0 Å². The molecule has 5 nitrogen and oxygen atoms in total. The molecule has 0 aromatic rings. The molecule has 0 unspecified atom stereocenters. The van der Waals surface area contributed by atoms with Crippen LogP contribution < -0.4 is 0 Å². The number of carbonyl (C=O) groups excluding carboxylic acids is 2. The van der Waals surface area contributed by atoms with Gasteiger partial charge in [-0.05, 0) is 92.8 Å². The van der Waals surface area contributed by atoms with Crippen molar-refractivity contribution in [2.75, 3.05) is 13.7 Å². The molecule has 0 amide bonds. The van der Waals surface area contributed by atoms with Crippen LogP contribution in [-0.2, 0) is 23.8 Å². The summed E-state index contributed by atoms with van der Waals surface area (Å²) >= 11 is 4.26. The first-order chi connectivity index (χ1) is 16.1. The van der Waals surface area contributed by atoms with Gasteiger partial charge in [0, 0.05) is 25.2 Å². The summed E-state index contributed by atoms with van der Waals surface area (Å²) < 4.78 is 17.1. The fraction of sp³-hybridized carbons (Fsp3) is 0.929. The molecule has 4 saturated carbocycles. The molecule has 1 saturated heterocycles. The smallest absolute Gasteiger partial charge is 0.305 e. The van der Waals surface area contributed by atoms with Gasteiger partial charge in [-0.25, -0.2) is 0 Å². The summed E-state index contributed by atoms with van der Waals surface area (Å²) in [5.74, 6) is 3.39. The average molecular weight is 540 g/mol. The molecule has 4 aliphatic carbocycles. The van der Waals surface area contributed by atoms with Gasteiger partial charge in [0.05, 0.1) is 24.1 Å². The third-order valence-electron chi connectivity index (χ3n) is 11.3. The molecule has 0 aromatic heterocycles. The van der Waals surface area contributed by atoms with Crippen LogP contribution in [0.3, 0.4) is 0 Å². The Morgan fingerprint density at radius 2 is 1.94 bits per heavy atom. The number of halogens is 1. The van der Waals surface area contributed by atoms with E-state index >= 15 is 0 Å². The molecule has 34 heavy (non-hydrogen) atoms. The lowest BCUT2D eigenvalue weighted by Crippen LogP contribution is -2.63. The van der Waals surface area contributed by atoms with Crippen LogP contribution in [0.15, 0.2) is 0 Å². The zero-order chi connectivity index (χ0) is 24.3. The number of rotatable bonds is 6. The van der Waals surface area contributed by atoms with E-state index in [1.165, 1.54) is 39.7 Å². The van der Waals surface area contributed by atoms with E-state index < -0.39 is 0 Å². The van der Waals surface area contributed by atoms with Gasteiger partial charge >= 0.3 is 11.9 Å². The van der Waals surface area contributed by atoms with Crippen molar-refractivity contribution in [3.05, 3.63) is 0 Å². The van der Waals surface area contributed by atoms with Gasteiger partial charge in [-0.3, -0.25) is 9.59 Å². The summed E-state index contributed by atoms with van der Waals surface area (Å²) in [7, 11) is 1.48. The zero-order valence-electron chi connectivity index (χ0n) is 21.4. The first-order valence-corrected chi connectivity index (χ1v) is 14.5. The van der Waals surface area contributed by atoms with Crippen molar-refractivity contribution < 1.29 is 23.8 Å². The maximum Gasteiger partial charge on any atom is 0.305 e. The second-order valence-corrected chi connectivity index (χ2v) is 14.0. The highest BCUT2D eigenvalue weighted by atomic mass is 79.9. The van der Waals surface area contributed by atoms with Crippen molar-refractivity contribution in [3.63, 3.8) is 0 Å². The van der Waals surface area contributed by atoms with Crippen LogP contribution >= 0.6 is 15.9 Å². The number of esters is 2. The molecule has 0 spiro atoms. The van der Waals surface area contributed by atoms with Gasteiger partial charge < -0.3 is 14.2 Å². The van der Waals surface area contributed by atoms with Gasteiger partial charge in [0.25, 0.3) is 0 Å². The van der Waals surface area contributed by atoms with E-state index in [0.717, 1.165) is 62.9 Å². The van der Waals surface area contributed by atoms with E-state index in [-0.39, 0.29) is 33.9 Å². The Morgan fingerprint density at radius 3 is 2.68 bits per heavy atom. The highest BCUT2D eigenvalue weighted by molar-refractivity contribution is 9.10. The topological polar surface area (TPSA) is 61.8 Å². The Hall–Kier alpha value is -0.620. The highest BCUT2D eigenvalue weighted by Crippen LogP contribution is 2.73. The quantitative estimate of drug-likeness (QED) is 0.303. The predicted molar refractivity (Wildman–Crippen MR) is 133 cm³/mol. The highest BCUT2D eigenvalue weighted by Gasteiger charge is 2.72. The lowest BCUT2D eigenvalue weighted by molar-refractivity contribution is -0.154. The first-order valence-electron chi connectivity index (χ1n) is 13.7. The number of hydrogen-bond donors (Lipinski definition) is 0. The largest absolute Gasteiger partial charge is 0.469 e. The van der Waals surface area contributed by atoms with Gasteiger partial charge in [0.2, 0.25) is 0 Å². The summed E-state index contributed by atoms with van der Waals surface area (Å²) in [5.41, 5.74) is 0.589. The predicted octanol–water partition coefficient (Wildman–Crippen LogP) is 6.06. The van der Waals surface area contributed by atoms with Crippen molar-refractivity contribution in [1.82, 2.24) is 0 Å². The monoisotopic (exact) mass is 538 g/mol. The third kappa shape index (κ3) is 3.71. The Morgan fingerprint density at radius 1 is 1.15 bits per heavy atom. The van der Waals surface area contributed by atoms with E-state index in [4.69, 9.17) is 14.2 Å². The van der Waals surface area contributed by atoms with Crippen LogP contribution in [0.25, 0.3) is 0 Å². The van der Waals surface area contributed by atoms with Crippen LogP contribution in [0.1, 0.15) is 91.4 Å². The molecule has 0 radical (unpaired) electrons. The van der Waals surface area contributed by atoms with Gasteiger partial charge in [-0.1, -0.05) is 29.8 Å². The molecule has 192 valence electrons. The number of methoxy groups -OCH3 is 1. The second kappa shape index (κ2) is 9.04. The third-order valence-corrected chi connectivity index (χ3v) is 12.9. The van der Waals surface area contributed by atoms with E-state index in [0.29, 0.717) is 23.7 Å². The first kappa shape index (κ1) is 25.0. The normalized spacial score (nSPS) is 47.8. The van der Waals surface area contributed by atoms with Crippen LogP contribution in [-0.4, -0.2) is 42.2 Å². The Kier molecular flexibility index (Phi) is 6.66. The van der Waals surface area contributed by atoms with Crippen LogP contribution in [0.5, 0.6) is 0 Å².